The lowest BCUT2D eigenvalue weighted by Gasteiger charge is -2.22. The molecule has 0 radical (unpaired) electrons. The van der Waals surface area contributed by atoms with Crippen molar-refractivity contribution in [2.45, 2.75) is 27.2 Å². The maximum Gasteiger partial charge on any atom is 0.268 e. The summed E-state index contributed by atoms with van der Waals surface area (Å²) in [7, 11) is 4.57. The first-order chi connectivity index (χ1) is 13.7. The van der Waals surface area contributed by atoms with E-state index in [0.29, 0.717) is 41.4 Å². The molecular weight excluding hydrogens is 370 g/mol. The Morgan fingerprint density at radius 3 is 2.24 bits per heavy atom. The van der Waals surface area contributed by atoms with Gasteiger partial charge in [-0.2, -0.15) is 0 Å². The molecule has 2 rings (SSSR count). The maximum absolute atomic E-state index is 12.6. The van der Waals surface area contributed by atoms with Gasteiger partial charge in [-0.1, -0.05) is 17.9 Å². The average Bonchev–Trinajstić information content (AvgIpc) is 2.69. The van der Waals surface area contributed by atoms with Gasteiger partial charge in [-0.3, -0.25) is 14.5 Å². The molecule has 1 aromatic carbocycles. The zero-order chi connectivity index (χ0) is 21.6. The Hall–Kier alpha value is -3.20. The van der Waals surface area contributed by atoms with E-state index in [4.69, 9.17) is 14.2 Å². The van der Waals surface area contributed by atoms with Crippen molar-refractivity contribution in [2.24, 2.45) is 5.41 Å². The van der Waals surface area contributed by atoms with Crippen LogP contribution in [0.25, 0.3) is 6.08 Å². The molecule has 0 aliphatic carbocycles. The summed E-state index contributed by atoms with van der Waals surface area (Å²) in [6.07, 6.45) is 5.34. The summed E-state index contributed by atoms with van der Waals surface area (Å²) < 4.78 is 15.9. The van der Waals surface area contributed by atoms with Gasteiger partial charge in [-0.25, -0.2) is 0 Å². The van der Waals surface area contributed by atoms with E-state index in [1.54, 1.807) is 24.3 Å². The van der Waals surface area contributed by atoms with Crippen molar-refractivity contribution >= 4 is 17.9 Å². The molecule has 6 nitrogen and oxygen atoms in total. The third-order valence-corrected chi connectivity index (χ3v) is 4.12. The summed E-state index contributed by atoms with van der Waals surface area (Å²) in [6, 6.07) is 3.45. The largest absolute Gasteiger partial charge is 0.493 e. The lowest BCUT2D eigenvalue weighted by atomic mass is 9.97. The molecule has 1 aliphatic heterocycles. The fourth-order valence-electron chi connectivity index (χ4n) is 2.70. The summed E-state index contributed by atoms with van der Waals surface area (Å²) in [4.78, 5) is 26.4. The van der Waals surface area contributed by atoms with Gasteiger partial charge >= 0.3 is 0 Å². The first-order valence-electron chi connectivity index (χ1n) is 9.27. The second kappa shape index (κ2) is 9.33. The van der Waals surface area contributed by atoms with Gasteiger partial charge in [0, 0.05) is 18.0 Å². The van der Waals surface area contributed by atoms with Crippen molar-refractivity contribution in [3.63, 3.8) is 0 Å². The van der Waals surface area contributed by atoms with Gasteiger partial charge < -0.3 is 14.2 Å². The van der Waals surface area contributed by atoms with E-state index < -0.39 is 5.91 Å². The minimum atomic E-state index is -0.396. The zero-order valence-electron chi connectivity index (χ0n) is 17.8. The number of amides is 2. The number of hydrogen-bond acceptors (Lipinski definition) is 5. The van der Waals surface area contributed by atoms with Crippen LogP contribution in [0.5, 0.6) is 17.2 Å². The standard InChI is InChI=1S/C23H27NO5/c1-23(2,3)12-11-17-8-7-13-24(22(17)26)20(25)10-9-16-14-18(27-4)21(29-6)19(15-16)28-5/h8-10,14-15H,7,13H2,1-6H3/b10-9+. The normalized spacial score (nSPS) is 14.2. The van der Waals surface area contributed by atoms with E-state index in [2.05, 4.69) is 11.8 Å². The predicted molar refractivity (Wildman–Crippen MR) is 112 cm³/mol. The Kier molecular flexibility index (Phi) is 7.11. The Morgan fingerprint density at radius 2 is 1.72 bits per heavy atom. The molecule has 1 heterocycles. The molecule has 29 heavy (non-hydrogen) atoms. The van der Waals surface area contributed by atoms with Crippen LogP contribution in [0.3, 0.4) is 0 Å². The van der Waals surface area contributed by atoms with Crippen LogP contribution in [-0.4, -0.2) is 44.6 Å². The van der Waals surface area contributed by atoms with Crippen molar-refractivity contribution in [3.05, 3.63) is 35.4 Å². The van der Waals surface area contributed by atoms with E-state index in [1.165, 1.54) is 32.3 Å². The van der Waals surface area contributed by atoms with Crippen LogP contribution in [-0.2, 0) is 9.59 Å². The number of imide groups is 1. The Balaban J connectivity index is 2.22. The zero-order valence-corrected chi connectivity index (χ0v) is 17.8. The van der Waals surface area contributed by atoms with E-state index >= 15 is 0 Å². The van der Waals surface area contributed by atoms with E-state index in [1.807, 2.05) is 20.8 Å². The van der Waals surface area contributed by atoms with Crippen molar-refractivity contribution in [1.29, 1.82) is 0 Å². The highest BCUT2D eigenvalue weighted by Crippen LogP contribution is 2.38. The molecule has 0 aromatic heterocycles. The number of benzene rings is 1. The van der Waals surface area contributed by atoms with Gasteiger partial charge in [0.1, 0.15) is 0 Å². The molecule has 6 heteroatoms. The minimum absolute atomic E-state index is 0.222. The van der Waals surface area contributed by atoms with Crippen molar-refractivity contribution in [3.8, 4) is 29.1 Å². The lowest BCUT2D eigenvalue weighted by Crippen LogP contribution is -2.39. The third kappa shape index (κ3) is 5.64. The van der Waals surface area contributed by atoms with Crippen LogP contribution < -0.4 is 14.2 Å². The average molecular weight is 397 g/mol. The first-order valence-corrected chi connectivity index (χ1v) is 9.27. The summed E-state index contributed by atoms with van der Waals surface area (Å²) in [5.41, 5.74) is 0.820. The number of ether oxygens (including phenoxy) is 3. The van der Waals surface area contributed by atoms with Crippen LogP contribution in [0, 0.1) is 17.3 Å². The number of rotatable bonds is 5. The molecule has 0 atom stereocenters. The van der Waals surface area contributed by atoms with Crippen LogP contribution >= 0.6 is 0 Å². The molecule has 1 aromatic rings. The van der Waals surface area contributed by atoms with E-state index in [9.17, 15) is 9.59 Å². The second-order valence-corrected chi connectivity index (χ2v) is 7.49. The summed E-state index contributed by atoms with van der Waals surface area (Å²) in [5.74, 6) is 6.62. The van der Waals surface area contributed by atoms with Crippen molar-refractivity contribution < 1.29 is 23.8 Å². The summed E-state index contributed by atoms with van der Waals surface area (Å²) in [5, 5.41) is 0. The second-order valence-electron chi connectivity index (χ2n) is 7.49. The number of nitrogens with zero attached hydrogens (tertiary/aromatic N) is 1. The predicted octanol–water partition coefficient (Wildman–Crippen LogP) is 3.46. The molecule has 0 saturated carbocycles. The molecule has 0 saturated heterocycles. The van der Waals surface area contributed by atoms with Crippen LogP contribution in [0.15, 0.2) is 29.9 Å². The maximum atomic E-state index is 12.6. The smallest absolute Gasteiger partial charge is 0.268 e. The molecule has 0 unspecified atom stereocenters. The molecule has 0 N–H and O–H groups in total. The SMILES string of the molecule is COc1cc(/C=C/C(=O)N2CCC=C(C#CC(C)(C)C)C2=O)cc(OC)c1OC. The summed E-state index contributed by atoms with van der Waals surface area (Å²) >= 11 is 0. The van der Waals surface area contributed by atoms with E-state index in [-0.39, 0.29) is 11.3 Å². The molecule has 1 aliphatic rings. The highest BCUT2D eigenvalue weighted by atomic mass is 16.5. The van der Waals surface area contributed by atoms with Gasteiger partial charge in [0.15, 0.2) is 11.5 Å². The van der Waals surface area contributed by atoms with Crippen molar-refractivity contribution in [2.75, 3.05) is 27.9 Å². The number of carbonyl (C=O) groups is 2. The highest BCUT2D eigenvalue weighted by molar-refractivity contribution is 6.11. The topological polar surface area (TPSA) is 65.1 Å². The van der Waals surface area contributed by atoms with Crippen LogP contribution in [0.4, 0.5) is 0 Å². The van der Waals surface area contributed by atoms with Crippen LogP contribution in [0.2, 0.25) is 0 Å². The Labute approximate surface area is 172 Å². The number of carbonyl (C=O) groups excluding carboxylic acids is 2. The fraction of sp³-hybridized carbons (Fsp3) is 0.391. The molecule has 2 amide bonds. The molecule has 154 valence electrons. The van der Waals surface area contributed by atoms with E-state index in [0.717, 1.165) is 0 Å². The first kappa shape index (κ1) is 22.1. The minimum Gasteiger partial charge on any atom is -0.493 e. The molecule has 0 fully saturated rings. The number of methoxy groups -OCH3 is 3. The van der Waals surface area contributed by atoms with Gasteiger partial charge in [-0.15, -0.1) is 0 Å². The van der Waals surface area contributed by atoms with Crippen molar-refractivity contribution in [1.82, 2.24) is 4.90 Å². The van der Waals surface area contributed by atoms with Gasteiger partial charge in [-0.05, 0) is 51.0 Å². The lowest BCUT2D eigenvalue weighted by molar-refractivity contribution is -0.139. The number of hydrogen-bond donors (Lipinski definition) is 0. The molecular formula is C23H27NO5. The molecule has 0 bridgehead atoms. The van der Waals surface area contributed by atoms with Gasteiger partial charge in [0.2, 0.25) is 5.75 Å². The quantitative estimate of drug-likeness (QED) is 0.562. The monoisotopic (exact) mass is 397 g/mol. The fourth-order valence-corrected chi connectivity index (χ4v) is 2.70. The Bertz CT molecular complexity index is 884. The van der Waals surface area contributed by atoms with Gasteiger partial charge in [0.25, 0.3) is 11.8 Å². The third-order valence-electron chi connectivity index (χ3n) is 4.12. The highest BCUT2D eigenvalue weighted by Gasteiger charge is 2.25. The Morgan fingerprint density at radius 1 is 1.10 bits per heavy atom. The molecule has 0 spiro atoms. The summed E-state index contributed by atoms with van der Waals surface area (Å²) in [6.45, 7) is 6.24. The van der Waals surface area contributed by atoms with Gasteiger partial charge in [0.05, 0.1) is 26.9 Å². The van der Waals surface area contributed by atoms with Crippen LogP contribution in [0.1, 0.15) is 32.8 Å².